The second-order valence-electron chi connectivity index (χ2n) is 8.50. The minimum Gasteiger partial charge on any atom is -0.494 e. The highest BCUT2D eigenvalue weighted by Gasteiger charge is 2.33. The minimum absolute atomic E-state index is 0.0310. The van der Waals surface area contributed by atoms with E-state index in [1.54, 1.807) is 18.2 Å². The molecule has 32 heavy (non-hydrogen) atoms. The highest BCUT2D eigenvalue weighted by atomic mass is 32.2. The highest BCUT2D eigenvalue weighted by Crippen LogP contribution is 2.27. The smallest absolute Gasteiger partial charge is 0.243 e. The first-order chi connectivity index (χ1) is 15.3. The van der Waals surface area contributed by atoms with Crippen LogP contribution in [-0.4, -0.2) is 44.4 Å². The molecule has 0 spiro atoms. The SMILES string of the molecule is CCOc1ccc(S(=O)(=O)N2CCC[C@H](C(=O)N[C@@H](C)CCc3ccccc3)C2)cc1C. The van der Waals surface area contributed by atoms with E-state index in [9.17, 15) is 13.2 Å². The molecule has 1 N–H and O–H groups in total. The molecule has 2 aromatic rings. The molecule has 1 aliphatic rings. The molecule has 2 aromatic carbocycles. The molecule has 0 unspecified atom stereocenters. The Morgan fingerprint density at radius 2 is 1.97 bits per heavy atom. The summed E-state index contributed by atoms with van der Waals surface area (Å²) in [6.07, 6.45) is 3.11. The number of benzene rings is 2. The van der Waals surface area contributed by atoms with Crippen molar-refractivity contribution in [2.45, 2.75) is 57.4 Å². The monoisotopic (exact) mass is 458 g/mol. The summed E-state index contributed by atoms with van der Waals surface area (Å²) >= 11 is 0. The Morgan fingerprint density at radius 1 is 1.22 bits per heavy atom. The third kappa shape index (κ3) is 6.11. The van der Waals surface area contributed by atoms with Crippen LogP contribution in [0.25, 0.3) is 0 Å². The van der Waals surface area contributed by atoms with Crippen molar-refractivity contribution in [3.05, 3.63) is 59.7 Å². The van der Waals surface area contributed by atoms with Crippen molar-refractivity contribution in [1.29, 1.82) is 0 Å². The zero-order chi connectivity index (χ0) is 23.1. The molecule has 0 aromatic heterocycles. The standard InChI is InChI=1S/C25H34N2O4S/c1-4-31-24-15-14-23(17-19(24)2)32(29,30)27-16-8-11-22(18-27)25(28)26-20(3)12-13-21-9-6-5-7-10-21/h5-7,9-10,14-15,17,20,22H,4,8,11-13,16,18H2,1-3H3,(H,26,28)/t20-,22-/m0/s1. The molecule has 0 saturated carbocycles. The second-order valence-corrected chi connectivity index (χ2v) is 10.4. The van der Waals surface area contributed by atoms with Crippen molar-refractivity contribution in [3.63, 3.8) is 0 Å². The van der Waals surface area contributed by atoms with Crippen molar-refractivity contribution >= 4 is 15.9 Å². The van der Waals surface area contributed by atoms with E-state index in [1.807, 2.05) is 39.0 Å². The number of carbonyl (C=O) groups excluding carboxylic acids is 1. The lowest BCUT2D eigenvalue weighted by Crippen LogP contribution is -2.47. The van der Waals surface area contributed by atoms with E-state index >= 15 is 0 Å². The summed E-state index contributed by atoms with van der Waals surface area (Å²) in [7, 11) is -3.66. The summed E-state index contributed by atoms with van der Waals surface area (Å²) in [5, 5.41) is 3.09. The van der Waals surface area contributed by atoms with Gasteiger partial charge in [-0.15, -0.1) is 0 Å². The molecule has 6 nitrogen and oxygen atoms in total. The number of hydrogen-bond donors (Lipinski definition) is 1. The van der Waals surface area contributed by atoms with Gasteiger partial charge >= 0.3 is 0 Å². The van der Waals surface area contributed by atoms with E-state index in [2.05, 4.69) is 17.4 Å². The van der Waals surface area contributed by atoms with Crippen molar-refractivity contribution in [3.8, 4) is 5.75 Å². The third-order valence-corrected chi connectivity index (χ3v) is 7.80. The highest BCUT2D eigenvalue weighted by molar-refractivity contribution is 7.89. The van der Waals surface area contributed by atoms with Crippen LogP contribution in [0.15, 0.2) is 53.4 Å². The number of rotatable bonds is 9. The van der Waals surface area contributed by atoms with Crippen LogP contribution in [0.4, 0.5) is 0 Å². The van der Waals surface area contributed by atoms with E-state index in [-0.39, 0.29) is 29.3 Å². The van der Waals surface area contributed by atoms with Crippen molar-refractivity contribution in [2.24, 2.45) is 5.92 Å². The van der Waals surface area contributed by atoms with E-state index in [1.165, 1.54) is 9.87 Å². The van der Waals surface area contributed by atoms with E-state index in [4.69, 9.17) is 4.74 Å². The Kier molecular flexibility index (Phi) is 8.32. The summed E-state index contributed by atoms with van der Waals surface area (Å²) in [6, 6.07) is 15.2. The van der Waals surface area contributed by atoms with Gasteiger partial charge in [-0.2, -0.15) is 4.31 Å². The molecule has 3 rings (SSSR count). The minimum atomic E-state index is -3.66. The number of piperidine rings is 1. The summed E-state index contributed by atoms with van der Waals surface area (Å²) in [5.74, 6) is 0.293. The predicted octanol–water partition coefficient (Wildman–Crippen LogP) is 3.93. The second kappa shape index (κ2) is 11.0. The molecule has 1 saturated heterocycles. The lowest BCUT2D eigenvalue weighted by atomic mass is 9.98. The Balaban J connectivity index is 1.60. The molecule has 1 amide bonds. The maximum absolute atomic E-state index is 13.2. The Hall–Kier alpha value is -2.38. The largest absolute Gasteiger partial charge is 0.494 e. The molecule has 174 valence electrons. The summed E-state index contributed by atoms with van der Waals surface area (Å²) in [5.41, 5.74) is 2.03. The topological polar surface area (TPSA) is 75.7 Å². The fourth-order valence-electron chi connectivity index (χ4n) is 4.08. The number of sulfonamides is 1. The Labute approximate surface area is 192 Å². The first-order valence-corrected chi connectivity index (χ1v) is 12.8. The normalized spacial score (nSPS) is 18.2. The van der Waals surface area contributed by atoms with Crippen LogP contribution in [0.5, 0.6) is 5.75 Å². The fraction of sp³-hybridized carbons (Fsp3) is 0.480. The number of nitrogens with zero attached hydrogens (tertiary/aromatic N) is 1. The van der Waals surface area contributed by atoms with Gasteiger partial charge in [0.2, 0.25) is 15.9 Å². The van der Waals surface area contributed by atoms with Crippen LogP contribution in [-0.2, 0) is 21.2 Å². The number of nitrogens with one attached hydrogen (secondary N) is 1. The van der Waals surface area contributed by atoms with Gasteiger partial charge in [-0.1, -0.05) is 30.3 Å². The summed E-state index contributed by atoms with van der Waals surface area (Å²) in [4.78, 5) is 13.1. The maximum atomic E-state index is 13.2. The van der Waals surface area contributed by atoms with Crippen LogP contribution in [0.2, 0.25) is 0 Å². The van der Waals surface area contributed by atoms with Crippen LogP contribution >= 0.6 is 0 Å². The van der Waals surface area contributed by atoms with Crippen LogP contribution in [0, 0.1) is 12.8 Å². The van der Waals surface area contributed by atoms with Crippen molar-refractivity contribution < 1.29 is 17.9 Å². The predicted molar refractivity (Wildman–Crippen MR) is 126 cm³/mol. The van der Waals surface area contributed by atoms with Gasteiger partial charge in [0.15, 0.2) is 0 Å². The Morgan fingerprint density at radius 3 is 2.66 bits per heavy atom. The molecule has 0 radical (unpaired) electrons. The zero-order valence-corrected chi connectivity index (χ0v) is 20.0. The average Bonchev–Trinajstić information content (AvgIpc) is 2.80. The van der Waals surface area contributed by atoms with Gasteiger partial charge in [-0.25, -0.2) is 8.42 Å². The van der Waals surface area contributed by atoms with Gasteiger partial charge in [-0.05, 0) is 75.8 Å². The van der Waals surface area contributed by atoms with Gasteiger partial charge in [0.25, 0.3) is 0 Å². The average molecular weight is 459 g/mol. The third-order valence-electron chi connectivity index (χ3n) is 5.94. The molecule has 0 aliphatic carbocycles. The first kappa shape index (κ1) is 24.3. The van der Waals surface area contributed by atoms with E-state index in [0.29, 0.717) is 31.7 Å². The van der Waals surface area contributed by atoms with Crippen LogP contribution < -0.4 is 10.1 Å². The molecular weight excluding hydrogens is 424 g/mol. The zero-order valence-electron chi connectivity index (χ0n) is 19.2. The Bertz CT molecular complexity index is 1010. The van der Waals surface area contributed by atoms with Crippen molar-refractivity contribution in [1.82, 2.24) is 9.62 Å². The number of amides is 1. The molecule has 1 fully saturated rings. The number of hydrogen-bond acceptors (Lipinski definition) is 4. The molecular formula is C25H34N2O4S. The lowest BCUT2D eigenvalue weighted by molar-refractivity contribution is -0.126. The summed E-state index contributed by atoms with van der Waals surface area (Å²) < 4.78 is 33.4. The van der Waals surface area contributed by atoms with Crippen LogP contribution in [0.1, 0.15) is 44.2 Å². The maximum Gasteiger partial charge on any atom is 0.243 e. The van der Waals surface area contributed by atoms with E-state index < -0.39 is 10.0 Å². The molecule has 2 atom stereocenters. The molecule has 0 bridgehead atoms. The van der Waals surface area contributed by atoms with Gasteiger partial charge in [-0.3, -0.25) is 4.79 Å². The molecule has 1 aliphatic heterocycles. The van der Waals surface area contributed by atoms with Gasteiger partial charge < -0.3 is 10.1 Å². The number of ether oxygens (including phenoxy) is 1. The van der Waals surface area contributed by atoms with E-state index in [0.717, 1.165) is 18.4 Å². The van der Waals surface area contributed by atoms with Gasteiger partial charge in [0.1, 0.15) is 5.75 Å². The van der Waals surface area contributed by atoms with Gasteiger partial charge in [0.05, 0.1) is 17.4 Å². The van der Waals surface area contributed by atoms with Gasteiger partial charge in [0, 0.05) is 19.1 Å². The fourth-order valence-corrected chi connectivity index (χ4v) is 5.69. The van der Waals surface area contributed by atoms with Crippen molar-refractivity contribution in [2.75, 3.05) is 19.7 Å². The quantitative estimate of drug-likeness (QED) is 0.618. The van der Waals surface area contributed by atoms with Crippen LogP contribution in [0.3, 0.4) is 0 Å². The number of aryl methyl sites for hydroxylation is 2. The molecule has 1 heterocycles. The molecule has 7 heteroatoms. The first-order valence-electron chi connectivity index (χ1n) is 11.4. The summed E-state index contributed by atoms with van der Waals surface area (Å²) in [6.45, 7) is 6.91. The number of carbonyl (C=O) groups is 1. The lowest BCUT2D eigenvalue weighted by Gasteiger charge is -2.32.